The van der Waals surface area contributed by atoms with Gasteiger partial charge in [-0.15, -0.1) is 11.3 Å². The molecule has 2 N–H and O–H groups in total. The molecule has 0 fully saturated rings. The summed E-state index contributed by atoms with van der Waals surface area (Å²) in [6.07, 6.45) is 0.223. The van der Waals surface area contributed by atoms with E-state index >= 15 is 0 Å². The molecule has 3 aromatic rings. The van der Waals surface area contributed by atoms with E-state index in [-0.39, 0.29) is 36.6 Å². The molecule has 1 atom stereocenters. The molecule has 0 saturated carbocycles. The smallest absolute Gasteiger partial charge is 0.240 e. The molecule has 0 aliphatic rings. The van der Waals surface area contributed by atoms with Crippen molar-refractivity contribution in [3.8, 4) is 0 Å². The Balaban J connectivity index is 1.59. The van der Waals surface area contributed by atoms with Gasteiger partial charge in [-0.2, -0.15) is 0 Å². The summed E-state index contributed by atoms with van der Waals surface area (Å²) in [6.45, 7) is -0.116. The van der Waals surface area contributed by atoms with Crippen LogP contribution in [0.5, 0.6) is 0 Å². The van der Waals surface area contributed by atoms with Gasteiger partial charge in [0, 0.05) is 4.88 Å². The van der Waals surface area contributed by atoms with E-state index < -0.39 is 0 Å². The summed E-state index contributed by atoms with van der Waals surface area (Å²) in [5.74, 6) is -0.854. The molecular weight excluding hydrogens is 363 g/mol. The van der Waals surface area contributed by atoms with E-state index in [0.29, 0.717) is 0 Å². The van der Waals surface area contributed by atoms with E-state index in [0.717, 1.165) is 16.0 Å². The van der Waals surface area contributed by atoms with Gasteiger partial charge in [-0.25, -0.2) is 4.39 Å². The number of carbonyl (C=O) groups excluding carboxylic acids is 2. The zero-order chi connectivity index (χ0) is 19.1. The highest BCUT2D eigenvalue weighted by Crippen LogP contribution is 2.26. The third-order valence-electron chi connectivity index (χ3n) is 3.99. The number of nitrogens with one attached hydrogen (secondary N) is 2. The average Bonchev–Trinajstić information content (AvgIpc) is 3.21. The lowest BCUT2D eigenvalue weighted by Crippen LogP contribution is -2.39. The van der Waals surface area contributed by atoms with Crippen LogP contribution < -0.4 is 10.6 Å². The minimum atomic E-state index is -0.385. The summed E-state index contributed by atoms with van der Waals surface area (Å²) in [5, 5.41) is 7.46. The van der Waals surface area contributed by atoms with Crippen molar-refractivity contribution in [1.29, 1.82) is 0 Å². The van der Waals surface area contributed by atoms with E-state index in [1.54, 1.807) is 12.1 Å². The standard InChI is InChI=1S/C21H19FN2O2S/c22-17-10-8-16(9-11-17)21(18-7-4-12-27-18)24-20(26)14-23-19(25)13-15-5-2-1-3-6-15/h1-12,21H,13-14H2,(H,23,25)(H,24,26)/t21-/m0/s1. The fourth-order valence-electron chi connectivity index (χ4n) is 2.66. The lowest BCUT2D eigenvalue weighted by Gasteiger charge is -2.18. The average molecular weight is 382 g/mol. The Kier molecular flexibility index (Phi) is 6.33. The monoisotopic (exact) mass is 382 g/mol. The number of halogens is 1. The highest BCUT2D eigenvalue weighted by Gasteiger charge is 2.18. The largest absolute Gasteiger partial charge is 0.347 e. The second-order valence-electron chi connectivity index (χ2n) is 6.01. The number of hydrogen-bond acceptors (Lipinski definition) is 3. The first-order valence-corrected chi connectivity index (χ1v) is 9.38. The Labute approximate surface area is 161 Å². The molecule has 0 unspecified atom stereocenters. The molecule has 6 heteroatoms. The van der Waals surface area contributed by atoms with Gasteiger partial charge in [-0.1, -0.05) is 48.5 Å². The Morgan fingerprint density at radius 1 is 0.926 bits per heavy atom. The summed E-state index contributed by atoms with van der Waals surface area (Å²) >= 11 is 1.50. The van der Waals surface area contributed by atoms with Crippen molar-refractivity contribution in [2.24, 2.45) is 0 Å². The molecule has 4 nitrogen and oxygen atoms in total. The number of thiophene rings is 1. The van der Waals surface area contributed by atoms with Crippen LogP contribution in [-0.4, -0.2) is 18.4 Å². The van der Waals surface area contributed by atoms with Gasteiger partial charge >= 0.3 is 0 Å². The van der Waals surface area contributed by atoms with Crippen LogP contribution in [0.2, 0.25) is 0 Å². The summed E-state index contributed by atoms with van der Waals surface area (Å²) in [6, 6.07) is 18.8. The van der Waals surface area contributed by atoms with Crippen molar-refractivity contribution in [3.63, 3.8) is 0 Å². The Bertz CT molecular complexity index is 880. The Morgan fingerprint density at radius 2 is 1.67 bits per heavy atom. The van der Waals surface area contributed by atoms with Crippen molar-refractivity contribution in [3.05, 3.63) is 93.9 Å². The Hall–Kier alpha value is -2.99. The van der Waals surface area contributed by atoms with Crippen LogP contribution in [0.15, 0.2) is 72.1 Å². The highest BCUT2D eigenvalue weighted by atomic mass is 32.1. The van der Waals surface area contributed by atoms with Crippen molar-refractivity contribution in [2.45, 2.75) is 12.5 Å². The molecule has 27 heavy (non-hydrogen) atoms. The van der Waals surface area contributed by atoms with Gasteiger partial charge < -0.3 is 10.6 Å². The number of hydrogen-bond donors (Lipinski definition) is 2. The van der Waals surface area contributed by atoms with Gasteiger partial charge in [-0.05, 0) is 34.7 Å². The molecule has 138 valence electrons. The molecule has 0 aliphatic heterocycles. The third kappa shape index (κ3) is 5.49. The van der Waals surface area contributed by atoms with Crippen LogP contribution in [-0.2, 0) is 16.0 Å². The van der Waals surface area contributed by atoms with E-state index in [4.69, 9.17) is 0 Å². The lowest BCUT2D eigenvalue weighted by atomic mass is 10.1. The molecule has 3 rings (SSSR count). The molecule has 1 heterocycles. The van der Waals surface area contributed by atoms with Gasteiger partial charge in [-0.3, -0.25) is 9.59 Å². The highest BCUT2D eigenvalue weighted by molar-refractivity contribution is 7.10. The second-order valence-corrected chi connectivity index (χ2v) is 6.99. The maximum atomic E-state index is 13.2. The minimum absolute atomic E-state index is 0.116. The first kappa shape index (κ1) is 18.8. The zero-order valence-electron chi connectivity index (χ0n) is 14.5. The molecule has 0 saturated heterocycles. The first-order chi connectivity index (χ1) is 13.1. The number of rotatable bonds is 7. The molecule has 0 radical (unpaired) electrons. The molecular formula is C21H19FN2O2S. The van der Waals surface area contributed by atoms with Crippen LogP contribution in [0.3, 0.4) is 0 Å². The molecule has 0 spiro atoms. The first-order valence-electron chi connectivity index (χ1n) is 8.50. The van der Waals surface area contributed by atoms with E-state index in [9.17, 15) is 14.0 Å². The second kappa shape index (κ2) is 9.09. The SMILES string of the molecule is O=C(Cc1ccccc1)NCC(=O)N[C@@H](c1ccc(F)cc1)c1cccs1. The van der Waals surface area contributed by atoms with Crippen molar-refractivity contribution >= 4 is 23.2 Å². The minimum Gasteiger partial charge on any atom is -0.347 e. The maximum absolute atomic E-state index is 13.2. The predicted molar refractivity (Wildman–Crippen MR) is 104 cm³/mol. The summed E-state index contributed by atoms with van der Waals surface area (Å²) < 4.78 is 13.2. The van der Waals surface area contributed by atoms with Crippen LogP contribution >= 0.6 is 11.3 Å². The topological polar surface area (TPSA) is 58.2 Å². The predicted octanol–water partition coefficient (Wildman–Crippen LogP) is 3.45. The van der Waals surface area contributed by atoms with Crippen LogP contribution in [0.1, 0.15) is 22.0 Å². The molecule has 2 amide bonds. The zero-order valence-corrected chi connectivity index (χ0v) is 15.3. The fraction of sp³-hybridized carbons (Fsp3) is 0.143. The Morgan fingerprint density at radius 3 is 2.33 bits per heavy atom. The number of benzene rings is 2. The molecule has 0 bridgehead atoms. The van der Waals surface area contributed by atoms with E-state index in [2.05, 4.69) is 10.6 Å². The fourth-order valence-corrected chi connectivity index (χ4v) is 3.47. The van der Waals surface area contributed by atoms with Crippen molar-refractivity contribution < 1.29 is 14.0 Å². The van der Waals surface area contributed by atoms with Crippen molar-refractivity contribution in [1.82, 2.24) is 10.6 Å². The van der Waals surface area contributed by atoms with Gasteiger partial charge in [0.15, 0.2) is 0 Å². The molecule has 2 aromatic carbocycles. The third-order valence-corrected chi connectivity index (χ3v) is 4.93. The molecule has 1 aromatic heterocycles. The lowest BCUT2D eigenvalue weighted by molar-refractivity contribution is -0.126. The van der Waals surface area contributed by atoms with Crippen LogP contribution in [0, 0.1) is 5.82 Å². The number of amides is 2. The van der Waals surface area contributed by atoms with E-state index in [1.165, 1.54) is 23.5 Å². The van der Waals surface area contributed by atoms with Gasteiger partial charge in [0.1, 0.15) is 5.82 Å². The van der Waals surface area contributed by atoms with Crippen molar-refractivity contribution in [2.75, 3.05) is 6.54 Å². The molecule has 0 aliphatic carbocycles. The van der Waals surface area contributed by atoms with E-state index in [1.807, 2.05) is 47.8 Å². The summed E-state index contributed by atoms with van der Waals surface area (Å²) in [7, 11) is 0. The normalized spacial score (nSPS) is 11.6. The van der Waals surface area contributed by atoms with Gasteiger partial charge in [0.25, 0.3) is 0 Å². The maximum Gasteiger partial charge on any atom is 0.240 e. The van der Waals surface area contributed by atoms with Gasteiger partial charge in [0.2, 0.25) is 11.8 Å². The van der Waals surface area contributed by atoms with Crippen LogP contribution in [0.4, 0.5) is 4.39 Å². The van der Waals surface area contributed by atoms with Gasteiger partial charge in [0.05, 0.1) is 19.0 Å². The summed E-state index contributed by atoms with van der Waals surface area (Å²) in [5.41, 5.74) is 1.67. The quantitative estimate of drug-likeness (QED) is 0.658. The summed E-state index contributed by atoms with van der Waals surface area (Å²) in [4.78, 5) is 25.3. The van der Waals surface area contributed by atoms with Crippen LogP contribution in [0.25, 0.3) is 0 Å². The number of carbonyl (C=O) groups is 2.